The average Bonchev–Trinajstić information content (AvgIpc) is 2.37. The highest BCUT2D eigenvalue weighted by atomic mass is 79.9. The molecule has 1 aromatic carbocycles. The molecule has 0 spiro atoms. The van der Waals surface area contributed by atoms with Crippen molar-refractivity contribution in [1.82, 2.24) is 0 Å². The van der Waals surface area contributed by atoms with Crippen LogP contribution in [-0.4, -0.2) is 18.9 Å². The summed E-state index contributed by atoms with van der Waals surface area (Å²) in [5.74, 6) is 0.914. The highest BCUT2D eigenvalue weighted by molar-refractivity contribution is 9.10. The lowest BCUT2D eigenvalue weighted by Gasteiger charge is -2.40. The molecule has 0 atom stereocenters. The lowest BCUT2D eigenvalue weighted by atomic mass is 9.75. The van der Waals surface area contributed by atoms with Crippen LogP contribution in [0.1, 0.15) is 39.2 Å². The second-order valence-electron chi connectivity index (χ2n) is 6.70. The number of halogens is 1. The molecule has 0 bridgehead atoms. The number of benzene rings is 1. The summed E-state index contributed by atoms with van der Waals surface area (Å²) < 4.78 is 1.04. The molecule has 0 amide bonds. The number of rotatable bonds is 2. The fourth-order valence-electron chi connectivity index (χ4n) is 2.98. The Kier molecular flexibility index (Phi) is 4.43. The van der Waals surface area contributed by atoms with Crippen LogP contribution in [0.15, 0.2) is 22.7 Å². The van der Waals surface area contributed by atoms with Gasteiger partial charge in [0.05, 0.1) is 0 Å². The van der Waals surface area contributed by atoms with Crippen molar-refractivity contribution < 1.29 is 0 Å². The molecule has 1 aromatic rings. The summed E-state index contributed by atoms with van der Waals surface area (Å²) in [6, 6.07) is 5.95. The molecular formula is C16H24BrN3. The van der Waals surface area contributed by atoms with Gasteiger partial charge in [-0.1, -0.05) is 36.7 Å². The van der Waals surface area contributed by atoms with E-state index in [-0.39, 0.29) is 5.84 Å². The summed E-state index contributed by atoms with van der Waals surface area (Å²) in [5, 5.41) is 7.74. The molecule has 3 nitrogen and oxygen atoms in total. The number of hydrogen-bond donors (Lipinski definition) is 2. The normalized spacial score (nSPS) is 17.3. The van der Waals surface area contributed by atoms with E-state index in [1.165, 1.54) is 12.8 Å². The number of nitrogen functional groups attached to an aromatic ring is 1. The average molecular weight is 338 g/mol. The molecule has 0 aromatic heterocycles. The maximum absolute atomic E-state index is 7.74. The summed E-state index contributed by atoms with van der Waals surface area (Å²) in [5.41, 5.74) is 8.01. The van der Waals surface area contributed by atoms with Crippen LogP contribution in [0.4, 0.5) is 5.69 Å². The maximum Gasteiger partial charge on any atom is 0.124 e. The second-order valence-corrected chi connectivity index (χ2v) is 7.62. The van der Waals surface area contributed by atoms with Crippen molar-refractivity contribution in [1.29, 1.82) is 5.41 Å². The van der Waals surface area contributed by atoms with Gasteiger partial charge in [0, 0.05) is 28.8 Å². The standard InChI is InChI=1S/C16H24BrN3/c1-16(2,3)11-6-8-20(9-7-11)14-10-12(17)4-5-13(14)15(18)19/h4-5,10-11H,6-9H2,1-3H3,(H3,18,19). The topological polar surface area (TPSA) is 53.1 Å². The highest BCUT2D eigenvalue weighted by Crippen LogP contribution is 2.36. The zero-order valence-electron chi connectivity index (χ0n) is 12.5. The molecule has 1 aliphatic rings. The van der Waals surface area contributed by atoms with Crippen LogP contribution in [0.2, 0.25) is 0 Å². The van der Waals surface area contributed by atoms with E-state index in [9.17, 15) is 0 Å². The number of nitrogens with one attached hydrogen (secondary N) is 1. The van der Waals surface area contributed by atoms with E-state index in [0.717, 1.165) is 34.7 Å². The Hall–Kier alpha value is -1.03. The zero-order valence-corrected chi connectivity index (χ0v) is 14.1. The third kappa shape index (κ3) is 3.35. The lowest BCUT2D eigenvalue weighted by molar-refractivity contribution is 0.199. The number of anilines is 1. The van der Waals surface area contributed by atoms with Crippen molar-refractivity contribution >= 4 is 27.5 Å². The summed E-state index contributed by atoms with van der Waals surface area (Å²) in [4.78, 5) is 2.36. The second kappa shape index (κ2) is 5.76. The van der Waals surface area contributed by atoms with Crippen molar-refractivity contribution in [2.75, 3.05) is 18.0 Å². The van der Waals surface area contributed by atoms with Crippen molar-refractivity contribution in [3.8, 4) is 0 Å². The van der Waals surface area contributed by atoms with Gasteiger partial charge in [0.15, 0.2) is 0 Å². The number of nitrogens with zero attached hydrogens (tertiary/aromatic N) is 1. The van der Waals surface area contributed by atoms with E-state index in [0.29, 0.717) is 5.41 Å². The van der Waals surface area contributed by atoms with Gasteiger partial charge < -0.3 is 10.6 Å². The Morgan fingerprint density at radius 1 is 1.30 bits per heavy atom. The van der Waals surface area contributed by atoms with E-state index in [4.69, 9.17) is 11.1 Å². The molecule has 1 saturated heterocycles. The van der Waals surface area contributed by atoms with E-state index in [2.05, 4.69) is 47.7 Å². The largest absolute Gasteiger partial charge is 0.384 e. The smallest absolute Gasteiger partial charge is 0.124 e. The fourth-order valence-corrected chi connectivity index (χ4v) is 3.33. The fraction of sp³-hybridized carbons (Fsp3) is 0.562. The van der Waals surface area contributed by atoms with Crippen LogP contribution in [0.25, 0.3) is 0 Å². The predicted molar refractivity (Wildman–Crippen MR) is 89.6 cm³/mol. The Balaban J connectivity index is 2.18. The van der Waals surface area contributed by atoms with Crippen molar-refractivity contribution in [3.05, 3.63) is 28.2 Å². The third-order valence-electron chi connectivity index (χ3n) is 4.31. The molecule has 0 radical (unpaired) electrons. The molecule has 1 aliphatic heterocycles. The van der Waals surface area contributed by atoms with E-state index in [1.807, 2.05) is 12.1 Å². The Labute approximate surface area is 130 Å². The molecule has 1 fully saturated rings. The monoisotopic (exact) mass is 337 g/mol. The molecule has 1 heterocycles. The number of nitrogens with two attached hydrogens (primary N) is 1. The quantitative estimate of drug-likeness (QED) is 0.633. The number of piperidine rings is 1. The van der Waals surface area contributed by atoms with Crippen molar-refractivity contribution in [2.24, 2.45) is 17.1 Å². The minimum atomic E-state index is 0.144. The zero-order chi connectivity index (χ0) is 14.9. The first kappa shape index (κ1) is 15.4. The third-order valence-corrected chi connectivity index (χ3v) is 4.80. The Morgan fingerprint density at radius 2 is 1.90 bits per heavy atom. The lowest BCUT2D eigenvalue weighted by Crippen LogP contribution is -2.38. The Bertz CT molecular complexity index is 497. The van der Waals surface area contributed by atoms with Crippen LogP contribution in [0, 0.1) is 16.7 Å². The van der Waals surface area contributed by atoms with Crippen LogP contribution < -0.4 is 10.6 Å². The molecule has 20 heavy (non-hydrogen) atoms. The van der Waals surface area contributed by atoms with E-state index in [1.54, 1.807) is 0 Å². The van der Waals surface area contributed by atoms with Crippen LogP contribution in [0.3, 0.4) is 0 Å². The maximum atomic E-state index is 7.74. The summed E-state index contributed by atoms with van der Waals surface area (Å²) >= 11 is 3.52. The molecule has 2 rings (SSSR count). The van der Waals surface area contributed by atoms with Gasteiger partial charge in [-0.2, -0.15) is 0 Å². The first-order chi connectivity index (χ1) is 9.29. The molecule has 4 heteroatoms. The predicted octanol–water partition coefficient (Wildman–Crippen LogP) is 4.00. The van der Waals surface area contributed by atoms with Gasteiger partial charge in [0.25, 0.3) is 0 Å². The summed E-state index contributed by atoms with van der Waals surface area (Å²) in [7, 11) is 0. The summed E-state index contributed by atoms with van der Waals surface area (Å²) in [6.45, 7) is 9.06. The van der Waals surface area contributed by atoms with Gasteiger partial charge >= 0.3 is 0 Å². The summed E-state index contributed by atoms with van der Waals surface area (Å²) in [6.07, 6.45) is 2.40. The number of hydrogen-bond acceptors (Lipinski definition) is 2. The minimum Gasteiger partial charge on any atom is -0.384 e. The molecule has 0 unspecified atom stereocenters. The Morgan fingerprint density at radius 3 is 2.40 bits per heavy atom. The SMILES string of the molecule is CC(C)(C)C1CCN(c2cc(Br)ccc2C(=N)N)CC1. The molecule has 110 valence electrons. The highest BCUT2D eigenvalue weighted by Gasteiger charge is 2.29. The van der Waals surface area contributed by atoms with Crippen LogP contribution in [-0.2, 0) is 0 Å². The molecule has 0 saturated carbocycles. The number of amidine groups is 1. The van der Waals surface area contributed by atoms with Gasteiger partial charge in [0.2, 0.25) is 0 Å². The van der Waals surface area contributed by atoms with Gasteiger partial charge in [-0.3, -0.25) is 5.41 Å². The van der Waals surface area contributed by atoms with E-state index >= 15 is 0 Å². The van der Waals surface area contributed by atoms with Crippen molar-refractivity contribution in [2.45, 2.75) is 33.6 Å². The molecule has 3 N–H and O–H groups in total. The van der Waals surface area contributed by atoms with Crippen LogP contribution in [0.5, 0.6) is 0 Å². The van der Waals surface area contributed by atoms with Gasteiger partial charge in [-0.25, -0.2) is 0 Å². The molecule has 0 aliphatic carbocycles. The minimum absolute atomic E-state index is 0.144. The van der Waals surface area contributed by atoms with Crippen LogP contribution >= 0.6 is 15.9 Å². The first-order valence-corrected chi connectivity index (χ1v) is 7.97. The van der Waals surface area contributed by atoms with Gasteiger partial charge in [0.1, 0.15) is 5.84 Å². The van der Waals surface area contributed by atoms with Gasteiger partial charge in [-0.15, -0.1) is 0 Å². The van der Waals surface area contributed by atoms with E-state index < -0.39 is 0 Å². The molecular weight excluding hydrogens is 314 g/mol. The van der Waals surface area contributed by atoms with Gasteiger partial charge in [-0.05, 0) is 42.4 Å². The van der Waals surface area contributed by atoms with Crippen molar-refractivity contribution in [3.63, 3.8) is 0 Å². The first-order valence-electron chi connectivity index (χ1n) is 7.18.